The lowest BCUT2D eigenvalue weighted by molar-refractivity contribution is -0.229. The smallest absolute Gasteiger partial charge is 0.296 e. The Morgan fingerprint density at radius 2 is 2.40 bits per heavy atom. The summed E-state index contributed by atoms with van der Waals surface area (Å²) >= 11 is 0. The summed E-state index contributed by atoms with van der Waals surface area (Å²) < 4.78 is 9.86. The third-order valence-electron chi connectivity index (χ3n) is 0.877. The molecule has 0 aliphatic carbocycles. The van der Waals surface area contributed by atoms with Crippen molar-refractivity contribution in [1.82, 2.24) is 0 Å². The molecule has 0 rings (SSSR count). The Morgan fingerprint density at radius 3 is 2.80 bits per heavy atom. The zero-order valence-electron chi connectivity index (χ0n) is 5.40. The van der Waals surface area contributed by atoms with E-state index in [-0.39, 0.29) is 20.2 Å². The van der Waals surface area contributed by atoms with Gasteiger partial charge in [0.15, 0.2) is 8.46 Å². The first-order chi connectivity index (χ1) is 4.72. The molecule has 56 valence electrons. The highest BCUT2D eigenvalue weighted by atomic mass is 31.1. The monoisotopic (exact) mass is 162 g/mol. The van der Waals surface area contributed by atoms with Gasteiger partial charge in [0.2, 0.25) is 0 Å². The third kappa shape index (κ3) is 3.33. The van der Waals surface area contributed by atoms with Crippen LogP contribution < -0.4 is 0 Å². The van der Waals surface area contributed by atoms with E-state index >= 15 is 0 Å². The number of carbonyl (C=O) groups is 1. The van der Waals surface area contributed by atoms with Crippen molar-refractivity contribution in [2.45, 2.75) is 6.92 Å². The highest BCUT2D eigenvalue weighted by Crippen LogP contribution is 1.99. The lowest BCUT2D eigenvalue weighted by Crippen LogP contribution is -2.01. The molecule has 0 atom stereocenters. The fourth-order valence-corrected chi connectivity index (χ4v) is 0.678. The summed E-state index contributed by atoms with van der Waals surface area (Å²) in [5.74, 6) is -0.816. The van der Waals surface area contributed by atoms with Gasteiger partial charge in [0.05, 0.1) is 0 Å². The van der Waals surface area contributed by atoms with Gasteiger partial charge in [0, 0.05) is 11.7 Å². The normalized spacial score (nSPS) is 11.6. The number of hydrogen-bond donors (Lipinski definition) is 1. The lowest BCUT2D eigenvalue weighted by Gasteiger charge is -1.91. The van der Waals surface area contributed by atoms with Gasteiger partial charge in [-0.3, -0.25) is 9.45 Å². The Labute approximate surface area is 59.6 Å². The fourth-order valence-electron chi connectivity index (χ4n) is 0.330. The number of carbonyl (C=O) groups excluding carboxylic acids is 1. The van der Waals surface area contributed by atoms with Gasteiger partial charge in [-0.25, -0.2) is 4.79 Å². The molecule has 0 saturated carbocycles. The minimum absolute atomic E-state index is 0.0645. The van der Waals surface area contributed by atoms with Crippen LogP contribution in [0.5, 0.6) is 0 Å². The maximum absolute atomic E-state index is 10.4. The van der Waals surface area contributed by atoms with Crippen molar-refractivity contribution >= 4 is 14.4 Å². The first-order valence-electron chi connectivity index (χ1n) is 2.54. The predicted octanol–water partition coefficient (Wildman–Crippen LogP) is 1.24. The number of hydrogen-bond acceptors (Lipinski definition) is 4. The highest BCUT2D eigenvalue weighted by molar-refractivity contribution is 7.23. The molecule has 5 heteroatoms. The number of allylic oxidation sites excluding steroid dienone is 1. The van der Waals surface area contributed by atoms with Gasteiger partial charge < -0.3 is 0 Å². The van der Waals surface area contributed by atoms with E-state index in [4.69, 9.17) is 5.26 Å². The summed E-state index contributed by atoms with van der Waals surface area (Å²) in [6.45, 7) is 1.46. The van der Waals surface area contributed by atoms with Crippen molar-refractivity contribution < 1.29 is 19.5 Å². The molecule has 10 heavy (non-hydrogen) atoms. The SMILES string of the molecule is CC(=CCP=O)C(=O)OO. The quantitative estimate of drug-likeness (QED) is 0.293. The minimum atomic E-state index is -0.816. The molecule has 0 amide bonds. The summed E-state index contributed by atoms with van der Waals surface area (Å²) in [5.41, 5.74) is 0.242. The Kier molecular flexibility index (Phi) is 4.72. The first kappa shape index (κ1) is 9.27. The van der Waals surface area contributed by atoms with Gasteiger partial charge in [-0.05, 0) is 6.92 Å². The molecule has 1 N–H and O–H groups in total. The fraction of sp³-hybridized carbons (Fsp3) is 0.400. The van der Waals surface area contributed by atoms with Crippen LogP contribution in [0.3, 0.4) is 0 Å². The Hall–Kier alpha value is -0.730. The average Bonchev–Trinajstić information content (AvgIpc) is 1.98. The third-order valence-corrected chi connectivity index (χ3v) is 1.21. The van der Waals surface area contributed by atoms with Crippen LogP contribution in [0.2, 0.25) is 0 Å². The standard InChI is InChI=1S/C5H7O4P/c1-4(2-3-10-8)5(6)9-7/h2,7H,3H2,1H3. The number of rotatable bonds is 3. The summed E-state index contributed by atoms with van der Waals surface area (Å²) in [7, 11) is -0.0645. The van der Waals surface area contributed by atoms with E-state index < -0.39 is 5.97 Å². The van der Waals surface area contributed by atoms with Gasteiger partial charge >= 0.3 is 5.97 Å². The molecule has 0 bridgehead atoms. The second-order valence-corrected chi connectivity index (χ2v) is 2.20. The molecule has 0 radical (unpaired) electrons. The van der Waals surface area contributed by atoms with E-state index in [9.17, 15) is 9.36 Å². The second kappa shape index (κ2) is 5.09. The molecule has 0 aromatic carbocycles. The largest absolute Gasteiger partial charge is 0.368 e. The molecule has 4 nitrogen and oxygen atoms in total. The van der Waals surface area contributed by atoms with Crippen LogP contribution in [0.15, 0.2) is 11.6 Å². The van der Waals surface area contributed by atoms with Crippen LogP contribution in [0.25, 0.3) is 0 Å². The van der Waals surface area contributed by atoms with Gasteiger partial charge in [-0.2, -0.15) is 5.26 Å². The lowest BCUT2D eigenvalue weighted by atomic mass is 10.3. The Bertz CT molecular complexity index is 163. The second-order valence-electron chi connectivity index (χ2n) is 1.58. The van der Waals surface area contributed by atoms with E-state index in [0.717, 1.165) is 0 Å². The maximum Gasteiger partial charge on any atom is 0.368 e. The van der Waals surface area contributed by atoms with Crippen LogP contribution in [0, 0.1) is 0 Å². The topological polar surface area (TPSA) is 63.6 Å². The molecule has 0 aliphatic rings. The van der Waals surface area contributed by atoms with Crippen LogP contribution in [0.1, 0.15) is 6.92 Å². The molecule has 0 unspecified atom stereocenters. The Balaban J connectivity index is 3.91. The van der Waals surface area contributed by atoms with Crippen molar-refractivity contribution in [3.8, 4) is 0 Å². The van der Waals surface area contributed by atoms with Gasteiger partial charge in [0.25, 0.3) is 0 Å². The zero-order chi connectivity index (χ0) is 7.98. The van der Waals surface area contributed by atoms with Gasteiger partial charge in [-0.1, -0.05) is 6.08 Å². The van der Waals surface area contributed by atoms with Gasteiger partial charge in [-0.15, -0.1) is 0 Å². The molecular weight excluding hydrogens is 155 g/mol. The summed E-state index contributed by atoms with van der Waals surface area (Å²) in [4.78, 5) is 13.8. The molecule has 0 aromatic rings. The minimum Gasteiger partial charge on any atom is -0.296 e. The van der Waals surface area contributed by atoms with E-state index in [0.29, 0.717) is 0 Å². The van der Waals surface area contributed by atoms with Crippen LogP contribution in [-0.4, -0.2) is 17.4 Å². The maximum atomic E-state index is 10.4. The molecule has 0 spiro atoms. The van der Waals surface area contributed by atoms with Crippen molar-refractivity contribution in [3.05, 3.63) is 11.6 Å². The predicted molar refractivity (Wildman–Crippen MR) is 35.0 cm³/mol. The molecular formula is C5H7O4P. The first-order valence-corrected chi connectivity index (χ1v) is 3.53. The molecule has 0 aliphatic heterocycles. The molecule has 0 heterocycles. The summed E-state index contributed by atoms with van der Waals surface area (Å²) in [6.07, 6.45) is 1.66. The van der Waals surface area contributed by atoms with E-state index in [2.05, 4.69) is 4.89 Å². The van der Waals surface area contributed by atoms with E-state index in [1.807, 2.05) is 0 Å². The van der Waals surface area contributed by atoms with Crippen molar-refractivity contribution in [2.75, 3.05) is 6.16 Å². The Morgan fingerprint density at radius 1 is 1.80 bits per heavy atom. The van der Waals surface area contributed by atoms with Gasteiger partial charge in [0.1, 0.15) is 0 Å². The molecule has 0 saturated heterocycles. The van der Waals surface area contributed by atoms with Crippen molar-refractivity contribution in [3.63, 3.8) is 0 Å². The summed E-state index contributed by atoms with van der Waals surface area (Å²) in [5, 5.41) is 7.83. The highest BCUT2D eigenvalue weighted by Gasteiger charge is 2.02. The average molecular weight is 162 g/mol. The van der Waals surface area contributed by atoms with Crippen LogP contribution in [0.4, 0.5) is 0 Å². The zero-order valence-corrected chi connectivity index (χ0v) is 6.30. The van der Waals surface area contributed by atoms with Crippen molar-refractivity contribution in [1.29, 1.82) is 0 Å². The van der Waals surface area contributed by atoms with Crippen LogP contribution >= 0.6 is 8.46 Å². The molecule has 0 aromatic heterocycles. The van der Waals surface area contributed by atoms with E-state index in [1.54, 1.807) is 0 Å². The summed E-state index contributed by atoms with van der Waals surface area (Å²) in [6, 6.07) is 0. The van der Waals surface area contributed by atoms with Crippen LogP contribution in [-0.2, 0) is 14.2 Å². The van der Waals surface area contributed by atoms with E-state index in [1.165, 1.54) is 13.0 Å². The van der Waals surface area contributed by atoms with Crippen molar-refractivity contribution in [2.24, 2.45) is 0 Å². The molecule has 0 fully saturated rings.